The third-order valence-corrected chi connectivity index (χ3v) is 42.5. The molecule has 4 aromatic carbocycles. The standard InChI is InChI=1S/2C43H64N4O12Si2/c2*1-28-18-30(26-58-60(11,12)42(3,4)5)44(24-28)40(48)32-20-36(54-9)38(22-34(32)46(50)51)56-16-15-17-57-39-23-35(47(52)53)33(21-37(39)55-10)41(49)45-25-29(2)19-31(45)27-59-61(13,14)43(6,7)8/h20-25,30-31H,15-19,26-27H2,1-14H3;20-23,30-31H,1-2,15-19,24-27H2,3-14H3/t2*30-,31-/m00/s1. The Labute approximate surface area is 721 Å². The van der Waals surface area contributed by atoms with Crippen molar-refractivity contribution in [3.63, 3.8) is 0 Å². The molecule has 4 aliphatic rings. The molecule has 4 amide bonds. The molecule has 0 unspecified atom stereocenters. The number of rotatable bonds is 36. The van der Waals surface area contributed by atoms with E-state index in [0.29, 0.717) is 52.1 Å². The molecule has 4 aromatic rings. The van der Waals surface area contributed by atoms with Gasteiger partial charge in [-0.05, 0) is 112 Å². The number of carbonyl (C=O) groups is 4. The molecule has 4 atom stereocenters. The van der Waals surface area contributed by atoms with Crippen LogP contribution in [0.2, 0.25) is 72.5 Å². The van der Waals surface area contributed by atoms with Gasteiger partial charge in [0.2, 0.25) is 0 Å². The van der Waals surface area contributed by atoms with Crippen molar-refractivity contribution in [1.29, 1.82) is 0 Å². The highest BCUT2D eigenvalue weighted by atomic mass is 28.4. The Morgan fingerprint density at radius 3 is 0.803 bits per heavy atom. The first-order chi connectivity index (χ1) is 56.4. The molecule has 0 N–H and O–H groups in total. The van der Waals surface area contributed by atoms with Gasteiger partial charge in [-0.15, -0.1) is 0 Å². The van der Waals surface area contributed by atoms with E-state index in [1.54, 1.807) is 22.2 Å². The van der Waals surface area contributed by atoms with Gasteiger partial charge in [0.1, 0.15) is 22.3 Å². The van der Waals surface area contributed by atoms with Gasteiger partial charge in [-0.1, -0.05) is 119 Å². The van der Waals surface area contributed by atoms with Crippen LogP contribution in [0.25, 0.3) is 0 Å². The summed E-state index contributed by atoms with van der Waals surface area (Å²) in [6.45, 7) is 56.3. The van der Waals surface area contributed by atoms with Crippen LogP contribution in [0.3, 0.4) is 0 Å². The number of benzene rings is 4. The number of carbonyl (C=O) groups excluding carboxylic acids is 4. The van der Waals surface area contributed by atoms with Gasteiger partial charge >= 0.3 is 0 Å². The maximum atomic E-state index is 14.0. The van der Waals surface area contributed by atoms with Crippen LogP contribution in [0.1, 0.15) is 177 Å². The monoisotopic (exact) mass is 1770 g/mol. The van der Waals surface area contributed by atoms with Crippen molar-refractivity contribution >= 4 is 79.6 Å². The normalized spacial score (nSPS) is 17.3. The van der Waals surface area contributed by atoms with Crippen molar-refractivity contribution in [2.45, 2.75) is 232 Å². The van der Waals surface area contributed by atoms with E-state index in [1.807, 2.05) is 13.8 Å². The maximum Gasteiger partial charge on any atom is 0.286 e. The van der Waals surface area contributed by atoms with Crippen LogP contribution in [0.4, 0.5) is 22.7 Å². The summed E-state index contributed by atoms with van der Waals surface area (Å²) in [5.74, 6) is -1.51. The van der Waals surface area contributed by atoms with Gasteiger partial charge in [0.25, 0.3) is 46.4 Å². The Bertz CT molecular complexity index is 4370. The molecular formula is C86H128N8O24Si4. The van der Waals surface area contributed by atoms with Crippen molar-refractivity contribution in [2.75, 3.05) is 94.4 Å². The largest absolute Gasteiger partial charge is 0.493 e. The second-order valence-electron chi connectivity index (χ2n) is 37.7. The van der Waals surface area contributed by atoms with Gasteiger partial charge < -0.3 is 75.2 Å². The van der Waals surface area contributed by atoms with Gasteiger partial charge in [-0.25, -0.2) is 0 Å². The molecule has 0 spiro atoms. The predicted octanol–water partition coefficient (Wildman–Crippen LogP) is 18.6. The Morgan fingerprint density at radius 2 is 0.590 bits per heavy atom. The number of hydrogen-bond donors (Lipinski definition) is 0. The Kier molecular flexibility index (Phi) is 32.6. The number of nitrogens with zero attached hydrogens (tertiary/aromatic N) is 8. The van der Waals surface area contributed by atoms with Crippen LogP contribution >= 0.6 is 0 Å². The summed E-state index contributed by atoms with van der Waals surface area (Å²) in [7, 11) is -3.05. The highest BCUT2D eigenvalue weighted by molar-refractivity contribution is 6.75. The van der Waals surface area contributed by atoms with E-state index in [0.717, 1.165) is 22.3 Å². The van der Waals surface area contributed by atoms with E-state index in [1.165, 1.54) is 86.8 Å². The lowest BCUT2D eigenvalue weighted by atomic mass is 10.1. The van der Waals surface area contributed by atoms with Crippen LogP contribution in [0.15, 0.2) is 96.4 Å². The van der Waals surface area contributed by atoms with Crippen molar-refractivity contribution < 1.29 is 94.5 Å². The molecule has 8 rings (SSSR count). The molecule has 0 aromatic heterocycles. The van der Waals surface area contributed by atoms with Crippen LogP contribution in [0, 0.1) is 40.5 Å². The number of nitro groups is 4. The molecule has 2 fully saturated rings. The highest BCUT2D eigenvalue weighted by Crippen LogP contribution is 2.46. The van der Waals surface area contributed by atoms with E-state index in [4.69, 9.17) is 55.6 Å². The van der Waals surface area contributed by atoms with Crippen LogP contribution in [0.5, 0.6) is 46.0 Å². The lowest BCUT2D eigenvalue weighted by Gasteiger charge is -2.38. The first-order valence-electron chi connectivity index (χ1n) is 40.9. The second-order valence-corrected chi connectivity index (χ2v) is 56.9. The number of likely N-dealkylation sites (tertiary alicyclic amines) is 2. The van der Waals surface area contributed by atoms with E-state index in [-0.39, 0.29) is 165 Å². The highest BCUT2D eigenvalue weighted by Gasteiger charge is 2.46. The maximum absolute atomic E-state index is 14.0. The SMILES string of the molecule is C=C1C[C@@H](CO[Si](C)(C)C(C)(C)C)N(C(=O)c2cc(OC)c(OCCCOc3cc([N+](=O)[O-])c(C(=O)N4CC(=C)C[C@H]4CO[Si](C)(C)C(C)(C)C)cc3OC)cc2[N+](=O)[O-])C1.COc1cc(C(=O)N2C=C(C)C[C@H]2CO[Si](C)(C)C(C)(C)C)c([N+](=O)[O-])cc1OCCCOc1cc([N+](=O)[O-])c(C(=O)N2C=C(C)C[C@H]2CO[Si](C)(C)C(C)(C)C)cc1OC. The second kappa shape index (κ2) is 39.9. The van der Waals surface area contributed by atoms with Crippen molar-refractivity contribution in [2.24, 2.45) is 0 Å². The molecule has 0 saturated carbocycles. The molecule has 4 heterocycles. The molecular weight excluding hydrogens is 1640 g/mol. The first-order valence-corrected chi connectivity index (χ1v) is 52.6. The molecule has 32 nitrogen and oxygen atoms in total. The Morgan fingerprint density at radius 1 is 0.369 bits per heavy atom. The van der Waals surface area contributed by atoms with Gasteiger partial charge in [-0.3, -0.25) is 59.6 Å². The molecule has 672 valence electrons. The minimum absolute atomic E-state index is 0.00168. The summed E-state index contributed by atoms with van der Waals surface area (Å²) in [6.07, 6.45) is 6.11. The molecule has 122 heavy (non-hydrogen) atoms. The fourth-order valence-electron chi connectivity index (χ4n) is 13.1. The predicted molar refractivity (Wildman–Crippen MR) is 476 cm³/mol. The van der Waals surface area contributed by atoms with E-state index >= 15 is 0 Å². The smallest absolute Gasteiger partial charge is 0.286 e. The fourth-order valence-corrected chi connectivity index (χ4v) is 17.2. The number of nitro benzene ring substituents is 4. The topological polar surface area (TPSA) is 365 Å². The Hall–Kier alpha value is -9.57. The van der Waals surface area contributed by atoms with Crippen molar-refractivity contribution in [3.05, 3.63) is 159 Å². The van der Waals surface area contributed by atoms with Crippen LogP contribution in [-0.4, -0.2) is 215 Å². The summed E-state index contributed by atoms with van der Waals surface area (Å²) in [6, 6.07) is 8.62. The summed E-state index contributed by atoms with van der Waals surface area (Å²) in [5.41, 5.74) is 1.19. The van der Waals surface area contributed by atoms with Gasteiger partial charge in [0.05, 0.1) is 149 Å². The van der Waals surface area contributed by atoms with Gasteiger partial charge in [0, 0.05) is 62.6 Å². The molecule has 0 bridgehead atoms. The molecule has 0 aliphatic carbocycles. The molecule has 2 saturated heterocycles. The minimum atomic E-state index is -2.14. The average Bonchev–Trinajstić information content (AvgIpc) is 1.53. The third-order valence-electron chi connectivity index (χ3n) is 24.5. The summed E-state index contributed by atoms with van der Waals surface area (Å²) in [5, 5.41) is 49.2. The quantitative estimate of drug-likeness (QED) is 0.0134. The van der Waals surface area contributed by atoms with Gasteiger partial charge in [-0.2, -0.15) is 0 Å². The summed E-state index contributed by atoms with van der Waals surface area (Å²) >= 11 is 0. The zero-order valence-electron chi connectivity index (χ0n) is 76.2. The lowest BCUT2D eigenvalue weighted by molar-refractivity contribution is -0.385. The first kappa shape index (κ1) is 99.5. The number of amides is 4. The molecule has 36 heteroatoms. The zero-order valence-corrected chi connectivity index (χ0v) is 80.2. The summed E-state index contributed by atoms with van der Waals surface area (Å²) < 4.78 is 71.4. The minimum Gasteiger partial charge on any atom is -0.493 e. The average molecular weight is 1770 g/mol. The number of methoxy groups -OCH3 is 4. The van der Waals surface area contributed by atoms with E-state index in [2.05, 4.69) is 149 Å². The van der Waals surface area contributed by atoms with Crippen molar-refractivity contribution in [3.8, 4) is 46.0 Å². The zero-order chi connectivity index (χ0) is 91.7. The van der Waals surface area contributed by atoms with Crippen LogP contribution in [-0.2, 0) is 17.7 Å². The van der Waals surface area contributed by atoms with E-state index < -0.39 is 99.3 Å². The van der Waals surface area contributed by atoms with Crippen molar-refractivity contribution in [1.82, 2.24) is 19.6 Å². The molecule has 4 aliphatic heterocycles. The fraction of sp³-hybridized carbons (Fsp3) is 0.581. The third kappa shape index (κ3) is 24.1. The summed E-state index contributed by atoms with van der Waals surface area (Å²) in [4.78, 5) is 109. The lowest BCUT2D eigenvalue weighted by Crippen LogP contribution is -2.46. The number of hydrogen-bond acceptors (Lipinski definition) is 24. The van der Waals surface area contributed by atoms with Gasteiger partial charge in [0.15, 0.2) is 79.3 Å². The number of ether oxygens (including phenoxy) is 8. The van der Waals surface area contributed by atoms with E-state index in [9.17, 15) is 59.6 Å². The Balaban J connectivity index is 0.000000336. The molecule has 0 radical (unpaired) electrons. The van der Waals surface area contributed by atoms with Crippen LogP contribution < -0.4 is 37.9 Å².